The minimum absolute atomic E-state index is 0.0187. The first-order valence-electron chi connectivity index (χ1n) is 9.46. The fourth-order valence-corrected chi connectivity index (χ4v) is 4.38. The first-order valence-corrected chi connectivity index (χ1v) is 9.46. The number of nitrogens with zero attached hydrogens (tertiary/aromatic N) is 3. The first-order chi connectivity index (χ1) is 13.2. The van der Waals surface area contributed by atoms with E-state index in [0.29, 0.717) is 5.52 Å². The summed E-state index contributed by atoms with van der Waals surface area (Å²) in [6.45, 7) is 5.08. The van der Waals surface area contributed by atoms with E-state index in [1.165, 1.54) is 16.8 Å². The van der Waals surface area contributed by atoms with E-state index in [4.69, 9.17) is 4.74 Å². The maximum atomic E-state index is 15.2. The number of halogens is 1. The molecule has 0 radical (unpaired) electrons. The number of hydrogen-bond donors (Lipinski definition) is 1. The van der Waals surface area contributed by atoms with E-state index < -0.39 is 0 Å². The number of aromatic amines is 1. The normalized spacial score (nSPS) is 20.8. The summed E-state index contributed by atoms with van der Waals surface area (Å²) in [5, 5.41) is 7.59. The number of ether oxygens (including phenoxy) is 1. The van der Waals surface area contributed by atoms with Crippen molar-refractivity contribution < 1.29 is 9.13 Å². The molecule has 3 aromatic rings. The van der Waals surface area contributed by atoms with E-state index in [1.807, 2.05) is 12.1 Å². The number of benzene rings is 2. The van der Waals surface area contributed by atoms with Crippen LogP contribution in [0.25, 0.3) is 10.9 Å². The first kappa shape index (κ1) is 16.7. The molecule has 140 valence electrons. The number of H-pyrrole nitrogens is 1. The van der Waals surface area contributed by atoms with E-state index in [1.54, 1.807) is 6.20 Å². The molecule has 3 heterocycles. The van der Waals surface area contributed by atoms with Gasteiger partial charge in [0.1, 0.15) is 5.52 Å². The van der Waals surface area contributed by atoms with Crippen molar-refractivity contribution in [1.82, 2.24) is 15.1 Å². The number of nitrogens with one attached hydrogen (secondary N) is 1. The minimum Gasteiger partial charge on any atom is -0.378 e. The lowest BCUT2D eigenvalue weighted by atomic mass is 9.84. The molecule has 0 bridgehead atoms. The van der Waals surface area contributed by atoms with Crippen molar-refractivity contribution in [3.63, 3.8) is 0 Å². The molecule has 0 saturated carbocycles. The molecule has 27 heavy (non-hydrogen) atoms. The highest BCUT2D eigenvalue weighted by Crippen LogP contribution is 2.37. The predicted molar refractivity (Wildman–Crippen MR) is 104 cm³/mol. The van der Waals surface area contributed by atoms with Crippen LogP contribution in [-0.2, 0) is 11.3 Å². The molecule has 1 unspecified atom stereocenters. The van der Waals surface area contributed by atoms with Crippen LogP contribution in [0.4, 0.5) is 10.1 Å². The third-order valence-electron chi connectivity index (χ3n) is 5.77. The van der Waals surface area contributed by atoms with Gasteiger partial charge in [0.05, 0.1) is 19.4 Å². The predicted octanol–water partition coefficient (Wildman–Crippen LogP) is 3.12. The lowest BCUT2D eigenvalue weighted by Crippen LogP contribution is -2.37. The molecule has 6 heteroatoms. The Hall–Kier alpha value is -2.44. The van der Waals surface area contributed by atoms with Gasteiger partial charge in [0, 0.05) is 43.2 Å². The summed E-state index contributed by atoms with van der Waals surface area (Å²) < 4.78 is 20.6. The number of morpholine rings is 1. The Morgan fingerprint density at radius 2 is 1.96 bits per heavy atom. The van der Waals surface area contributed by atoms with E-state index in [0.717, 1.165) is 50.3 Å². The second-order valence-corrected chi connectivity index (χ2v) is 7.53. The monoisotopic (exact) mass is 366 g/mol. The van der Waals surface area contributed by atoms with Crippen LogP contribution >= 0.6 is 0 Å². The average Bonchev–Trinajstić information content (AvgIpc) is 3.18. The smallest absolute Gasteiger partial charge is 0.152 e. The molecule has 1 saturated heterocycles. The van der Waals surface area contributed by atoms with Crippen LogP contribution in [0.5, 0.6) is 0 Å². The van der Waals surface area contributed by atoms with Gasteiger partial charge in [-0.05, 0) is 35.9 Å². The van der Waals surface area contributed by atoms with E-state index in [2.05, 4.69) is 45.2 Å². The molecule has 0 aliphatic carbocycles. The quantitative estimate of drug-likeness (QED) is 0.757. The summed E-state index contributed by atoms with van der Waals surface area (Å²) in [5.74, 6) is -0.168. The third-order valence-corrected chi connectivity index (χ3v) is 5.77. The van der Waals surface area contributed by atoms with Gasteiger partial charge in [-0.2, -0.15) is 5.10 Å². The number of hydrogen-bond acceptors (Lipinski definition) is 4. The molecule has 1 N–H and O–H groups in total. The van der Waals surface area contributed by atoms with Crippen molar-refractivity contribution >= 4 is 16.6 Å². The summed E-state index contributed by atoms with van der Waals surface area (Å²) in [5.41, 5.74) is 4.96. The van der Waals surface area contributed by atoms with Crippen molar-refractivity contribution in [2.24, 2.45) is 0 Å². The van der Waals surface area contributed by atoms with Gasteiger partial charge in [0.25, 0.3) is 0 Å². The highest BCUT2D eigenvalue weighted by Gasteiger charge is 2.28. The zero-order valence-corrected chi connectivity index (χ0v) is 15.4. The maximum absolute atomic E-state index is 15.2. The van der Waals surface area contributed by atoms with Gasteiger partial charge in [0.2, 0.25) is 0 Å². The van der Waals surface area contributed by atoms with Crippen molar-refractivity contribution in [2.45, 2.75) is 12.5 Å². The Balaban J connectivity index is 1.56. The number of likely N-dealkylation sites (N-methyl/N-ethyl adjacent to an activating group) is 1. The lowest BCUT2D eigenvalue weighted by Gasteiger charge is -2.35. The second kappa shape index (κ2) is 6.62. The molecule has 1 atom stereocenters. The third kappa shape index (κ3) is 2.89. The van der Waals surface area contributed by atoms with Gasteiger partial charge in [-0.1, -0.05) is 18.2 Å². The molecule has 1 fully saturated rings. The molecule has 2 aromatic carbocycles. The minimum atomic E-state index is -0.187. The van der Waals surface area contributed by atoms with Crippen LogP contribution in [0.15, 0.2) is 36.5 Å². The van der Waals surface area contributed by atoms with Gasteiger partial charge in [-0.15, -0.1) is 0 Å². The number of aromatic nitrogens is 2. The van der Waals surface area contributed by atoms with Gasteiger partial charge in [-0.25, -0.2) is 4.39 Å². The van der Waals surface area contributed by atoms with E-state index >= 15 is 4.39 Å². The Kier molecular flexibility index (Phi) is 4.10. The molecule has 2 aliphatic heterocycles. The molecular formula is C21H23FN4O. The van der Waals surface area contributed by atoms with Crippen LogP contribution in [-0.4, -0.2) is 55.0 Å². The molecule has 1 aromatic heterocycles. The summed E-state index contributed by atoms with van der Waals surface area (Å²) in [7, 11) is 2.10. The van der Waals surface area contributed by atoms with E-state index in [9.17, 15) is 0 Å². The van der Waals surface area contributed by atoms with Crippen molar-refractivity contribution in [1.29, 1.82) is 0 Å². The van der Waals surface area contributed by atoms with Crippen LogP contribution in [0.1, 0.15) is 22.6 Å². The van der Waals surface area contributed by atoms with Crippen LogP contribution < -0.4 is 4.90 Å². The molecular weight excluding hydrogens is 343 g/mol. The number of anilines is 1. The largest absolute Gasteiger partial charge is 0.378 e. The lowest BCUT2D eigenvalue weighted by molar-refractivity contribution is 0.122. The Morgan fingerprint density at radius 3 is 2.81 bits per heavy atom. The van der Waals surface area contributed by atoms with Crippen molar-refractivity contribution in [2.75, 3.05) is 44.8 Å². The molecule has 2 aliphatic rings. The highest BCUT2D eigenvalue weighted by molar-refractivity contribution is 5.79. The van der Waals surface area contributed by atoms with E-state index in [-0.39, 0.29) is 11.7 Å². The fraction of sp³-hybridized carbons (Fsp3) is 0.381. The average molecular weight is 366 g/mol. The highest BCUT2D eigenvalue weighted by atomic mass is 19.1. The number of fused-ring (bicyclic) bond motifs is 2. The Morgan fingerprint density at radius 1 is 1.15 bits per heavy atom. The zero-order chi connectivity index (χ0) is 18.4. The van der Waals surface area contributed by atoms with Gasteiger partial charge >= 0.3 is 0 Å². The maximum Gasteiger partial charge on any atom is 0.152 e. The molecule has 0 spiro atoms. The van der Waals surface area contributed by atoms with Gasteiger partial charge in [0.15, 0.2) is 5.82 Å². The van der Waals surface area contributed by atoms with Crippen LogP contribution in [0, 0.1) is 5.82 Å². The number of rotatable bonds is 2. The molecule has 0 amide bonds. The summed E-state index contributed by atoms with van der Waals surface area (Å²) in [6.07, 6.45) is 1.66. The van der Waals surface area contributed by atoms with Gasteiger partial charge in [-0.3, -0.25) is 5.10 Å². The van der Waals surface area contributed by atoms with Crippen molar-refractivity contribution in [3.05, 3.63) is 59.0 Å². The zero-order valence-electron chi connectivity index (χ0n) is 15.4. The van der Waals surface area contributed by atoms with Crippen molar-refractivity contribution in [3.8, 4) is 0 Å². The Bertz CT molecular complexity index is 979. The van der Waals surface area contributed by atoms with Gasteiger partial charge < -0.3 is 14.5 Å². The second-order valence-electron chi connectivity index (χ2n) is 7.53. The van der Waals surface area contributed by atoms with Crippen LogP contribution in [0.2, 0.25) is 0 Å². The molecule has 5 nitrogen and oxygen atoms in total. The summed E-state index contributed by atoms with van der Waals surface area (Å²) >= 11 is 0. The topological polar surface area (TPSA) is 44.4 Å². The standard InChI is InChI=1S/C21H23FN4O/c1-25-12-15-10-16(26-6-8-27-9-7-26)3-5-17(15)19(13-25)18-4-2-14-11-23-24-21(14)20(18)22/h2-5,10-11,19H,6-9,12-13H2,1H3,(H,23,24). The summed E-state index contributed by atoms with van der Waals surface area (Å²) in [6, 6.07) is 10.5. The fourth-order valence-electron chi connectivity index (χ4n) is 4.38. The van der Waals surface area contributed by atoms with Crippen LogP contribution in [0.3, 0.4) is 0 Å². The summed E-state index contributed by atoms with van der Waals surface area (Å²) in [4.78, 5) is 4.64. The molecule has 5 rings (SSSR count). The SMILES string of the molecule is CN1Cc2cc(N3CCOCC3)ccc2C(c2ccc3cn[nH]c3c2F)C1. The Labute approximate surface area is 157 Å².